The fraction of sp³-hybridized carbons (Fsp3) is 0.200. The summed E-state index contributed by atoms with van der Waals surface area (Å²) in [6.45, 7) is 3.80. The van der Waals surface area contributed by atoms with Gasteiger partial charge in [0.25, 0.3) is 5.91 Å². The van der Waals surface area contributed by atoms with Gasteiger partial charge in [0.15, 0.2) is 0 Å². The van der Waals surface area contributed by atoms with Gasteiger partial charge in [-0.25, -0.2) is 4.79 Å². The number of aromatic carboxylic acids is 1. The average Bonchev–Trinajstić information content (AvgIpc) is 2.67. The van der Waals surface area contributed by atoms with E-state index in [1.165, 1.54) is 12.1 Å². The molecule has 0 atom stereocenters. The number of nitrogens with one attached hydrogen (secondary N) is 1. The van der Waals surface area contributed by atoms with Gasteiger partial charge in [0, 0.05) is 24.1 Å². The van der Waals surface area contributed by atoms with Gasteiger partial charge in [-0.05, 0) is 38.1 Å². The molecule has 0 aliphatic rings. The molecule has 1 aromatic heterocycles. The van der Waals surface area contributed by atoms with Gasteiger partial charge >= 0.3 is 5.97 Å². The fourth-order valence-electron chi connectivity index (χ4n) is 2.01. The van der Waals surface area contributed by atoms with Gasteiger partial charge in [0.1, 0.15) is 0 Å². The van der Waals surface area contributed by atoms with Gasteiger partial charge in [0.2, 0.25) is 0 Å². The largest absolute Gasteiger partial charge is 0.478 e. The number of benzene rings is 1. The Bertz CT molecular complexity index is 686. The van der Waals surface area contributed by atoms with Gasteiger partial charge < -0.3 is 15.0 Å². The molecule has 2 rings (SSSR count). The van der Waals surface area contributed by atoms with Crippen LogP contribution in [0.4, 0.5) is 5.69 Å². The second-order valence-corrected chi connectivity index (χ2v) is 4.68. The minimum absolute atomic E-state index is 0.142. The Morgan fingerprint density at radius 3 is 2.45 bits per heavy atom. The Kier molecular flexibility index (Phi) is 3.61. The predicted molar refractivity (Wildman–Crippen MR) is 76.2 cm³/mol. The van der Waals surface area contributed by atoms with Crippen molar-refractivity contribution in [3.63, 3.8) is 0 Å². The third kappa shape index (κ3) is 2.56. The monoisotopic (exact) mass is 272 g/mol. The van der Waals surface area contributed by atoms with Crippen molar-refractivity contribution in [3.05, 3.63) is 52.8 Å². The van der Waals surface area contributed by atoms with E-state index in [0.29, 0.717) is 11.3 Å². The molecule has 0 saturated carbocycles. The molecule has 0 radical (unpaired) electrons. The highest BCUT2D eigenvalue weighted by Crippen LogP contribution is 2.16. The SMILES string of the molecule is Cc1cc(C(=O)Nc2cccc(C(=O)O)c2)c(C)n1C. The van der Waals surface area contributed by atoms with Gasteiger partial charge in [-0.3, -0.25) is 4.79 Å². The topological polar surface area (TPSA) is 71.3 Å². The molecule has 20 heavy (non-hydrogen) atoms. The van der Waals surface area contributed by atoms with Crippen LogP contribution in [0.1, 0.15) is 32.1 Å². The number of hydrogen-bond donors (Lipinski definition) is 2. The highest BCUT2D eigenvalue weighted by molar-refractivity contribution is 6.05. The van der Waals surface area contributed by atoms with Crippen molar-refractivity contribution in [2.24, 2.45) is 7.05 Å². The predicted octanol–water partition coefficient (Wildman–Crippen LogP) is 2.59. The Hall–Kier alpha value is -2.56. The Labute approximate surface area is 116 Å². The van der Waals surface area contributed by atoms with Crippen molar-refractivity contribution in [2.75, 3.05) is 5.32 Å². The number of aromatic nitrogens is 1. The lowest BCUT2D eigenvalue weighted by Crippen LogP contribution is -2.13. The lowest BCUT2D eigenvalue weighted by Gasteiger charge is -2.06. The van der Waals surface area contributed by atoms with Crippen LogP contribution in [-0.4, -0.2) is 21.6 Å². The van der Waals surface area contributed by atoms with E-state index in [1.807, 2.05) is 31.5 Å². The van der Waals surface area contributed by atoms with E-state index in [0.717, 1.165) is 11.4 Å². The number of amides is 1. The van der Waals surface area contributed by atoms with Crippen molar-refractivity contribution in [3.8, 4) is 0 Å². The van der Waals surface area contributed by atoms with Crippen LogP contribution in [-0.2, 0) is 7.05 Å². The van der Waals surface area contributed by atoms with E-state index in [9.17, 15) is 9.59 Å². The number of rotatable bonds is 3. The molecule has 5 heteroatoms. The van der Waals surface area contributed by atoms with Crippen LogP contribution in [0.15, 0.2) is 30.3 Å². The summed E-state index contributed by atoms with van der Waals surface area (Å²) in [4.78, 5) is 23.1. The maximum Gasteiger partial charge on any atom is 0.335 e. The lowest BCUT2D eigenvalue weighted by atomic mass is 10.2. The molecule has 1 amide bonds. The molecule has 1 heterocycles. The lowest BCUT2D eigenvalue weighted by molar-refractivity contribution is 0.0696. The summed E-state index contributed by atoms with van der Waals surface area (Å²) in [6.07, 6.45) is 0. The maximum atomic E-state index is 12.2. The maximum absolute atomic E-state index is 12.2. The smallest absolute Gasteiger partial charge is 0.335 e. The van der Waals surface area contributed by atoms with Crippen molar-refractivity contribution in [2.45, 2.75) is 13.8 Å². The zero-order valence-electron chi connectivity index (χ0n) is 11.6. The molecule has 104 valence electrons. The highest BCUT2D eigenvalue weighted by Gasteiger charge is 2.14. The molecule has 2 N–H and O–H groups in total. The third-order valence-corrected chi connectivity index (χ3v) is 3.39. The summed E-state index contributed by atoms with van der Waals surface area (Å²) in [7, 11) is 1.90. The van der Waals surface area contributed by atoms with Crippen molar-refractivity contribution < 1.29 is 14.7 Å². The third-order valence-electron chi connectivity index (χ3n) is 3.39. The van der Waals surface area contributed by atoms with Gasteiger partial charge in [-0.1, -0.05) is 6.07 Å². The number of carboxylic acids is 1. The average molecular weight is 272 g/mol. The first-order chi connectivity index (χ1) is 9.40. The van der Waals surface area contributed by atoms with E-state index in [1.54, 1.807) is 12.1 Å². The molecule has 2 aromatic rings. The number of aryl methyl sites for hydroxylation is 1. The van der Waals surface area contributed by atoms with Crippen LogP contribution in [0.3, 0.4) is 0 Å². The van der Waals surface area contributed by atoms with E-state index in [2.05, 4.69) is 5.32 Å². The van der Waals surface area contributed by atoms with Crippen LogP contribution in [0, 0.1) is 13.8 Å². The summed E-state index contributed by atoms with van der Waals surface area (Å²) in [5.74, 6) is -1.26. The van der Waals surface area contributed by atoms with Crippen molar-refractivity contribution >= 4 is 17.6 Å². The zero-order chi connectivity index (χ0) is 14.9. The molecule has 0 aliphatic carbocycles. The normalized spacial score (nSPS) is 10.3. The highest BCUT2D eigenvalue weighted by atomic mass is 16.4. The van der Waals surface area contributed by atoms with Crippen molar-refractivity contribution in [1.29, 1.82) is 0 Å². The molecule has 1 aromatic carbocycles. The number of carboxylic acid groups (broad SMARTS) is 1. The van der Waals surface area contributed by atoms with E-state index in [4.69, 9.17) is 5.11 Å². The van der Waals surface area contributed by atoms with E-state index >= 15 is 0 Å². The Morgan fingerprint density at radius 2 is 1.90 bits per heavy atom. The number of carbonyl (C=O) groups excluding carboxylic acids is 1. The summed E-state index contributed by atoms with van der Waals surface area (Å²) < 4.78 is 1.93. The summed E-state index contributed by atoms with van der Waals surface area (Å²) in [5.41, 5.74) is 3.06. The second kappa shape index (κ2) is 5.21. The summed E-state index contributed by atoms with van der Waals surface area (Å²) in [5, 5.41) is 11.6. The zero-order valence-corrected chi connectivity index (χ0v) is 11.6. The standard InChI is InChI=1S/C15H16N2O3/c1-9-7-13(10(2)17(9)3)14(18)16-12-6-4-5-11(8-12)15(19)20/h4-8H,1-3H3,(H,16,18)(H,19,20). The molecule has 5 nitrogen and oxygen atoms in total. The molecule has 0 fully saturated rings. The van der Waals surface area contributed by atoms with Crippen LogP contribution in [0.25, 0.3) is 0 Å². The minimum Gasteiger partial charge on any atom is -0.478 e. The first-order valence-corrected chi connectivity index (χ1v) is 6.17. The molecule has 0 saturated heterocycles. The van der Waals surface area contributed by atoms with Crippen LogP contribution in [0.2, 0.25) is 0 Å². The van der Waals surface area contributed by atoms with Gasteiger partial charge in [-0.2, -0.15) is 0 Å². The molecule has 0 bridgehead atoms. The van der Waals surface area contributed by atoms with Crippen LogP contribution < -0.4 is 5.32 Å². The molecular weight excluding hydrogens is 256 g/mol. The molecular formula is C15H16N2O3. The first-order valence-electron chi connectivity index (χ1n) is 6.17. The second-order valence-electron chi connectivity index (χ2n) is 4.68. The number of anilines is 1. The summed E-state index contributed by atoms with van der Waals surface area (Å²) >= 11 is 0. The van der Waals surface area contributed by atoms with E-state index in [-0.39, 0.29) is 11.5 Å². The number of hydrogen-bond acceptors (Lipinski definition) is 2. The minimum atomic E-state index is -1.02. The van der Waals surface area contributed by atoms with Crippen LogP contribution >= 0.6 is 0 Å². The van der Waals surface area contributed by atoms with Crippen molar-refractivity contribution in [1.82, 2.24) is 4.57 Å². The first kappa shape index (κ1) is 13.9. The molecule has 0 spiro atoms. The molecule has 0 unspecified atom stereocenters. The Morgan fingerprint density at radius 1 is 1.20 bits per heavy atom. The number of nitrogens with zero attached hydrogens (tertiary/aromatic N) is 1. The van der Waals surface area contributed by atoms with Gasteiger partial charge in [0.05, 0.1) is 11.1 Å². The fourth-order valence-corrected chi connectivity index (χ4v) is 2.01. The Balaban J connectivity index is 2.25. The van der Waals surface area contributed by atoms with Crippen LogP contribution in [0.5, 0.6) is 0 Å². The summed E-state index contributed by atoms with van der Waals surface area (Å²) in [6, 6.07) is 7.99. The quantitative estimate of drug-likeness (QED) is 0.902. The number of carbonyl (C=O) groups is 2. The molecule has 0 aliphatic heterocycles. The van der Waals surface area contributed by atoms with E-state index < -0.39 is 5.97 Å². The van der Waals surface area contributed by atoms with Gasteiger partial charge in [-0.15, -0.1) is 0 Å².